The third kappa shape index (κ3) is 6.69. The smallest absolute Gasteiger partial charge is 0.261 e. The fourth-order valence-corrected chi connectivity index (χ4v) is 10.0. The normalized spacial score (nSPS) is 21.7. The molecule has 4 rings (SSSR count). The van der Waals surface area contributed by atoms with E-state index in [2.05, 4.69) is 125 Å². The van der Waals surface area contributed by atoms with Crippen molar-refractivity contribution in [3.05, 3.63) is 109 Å². The van der Waals surface area contributed by atoms with Crippen molar-refractivity contribution in [2.45, 2.75) is 76.9 Å². The minimum atomic E-state index is -2.61. The highest BCUT2D eigenvalue weighted by Crippen LogP contribution is 2.37. The van der Waals surface area contributed by atoms with Gasteiger partial charge in [0.05, 0.1) is 31.5 Å². The van der Waals surface area contributed by atoms with Crippen LogP contribution in [0.1, 0.15) is 52.5 Å². The molecule has 37 heavy (non-hydrogen) atoms. The van der Waals surface area contributed by atoms with E-state index < -0.39 is 8.32 Å². The summed E-state index contributed by atoms with van der Waals surface area (Å²) in [5.41, 5.74) is 1.19. The predicted molar refractivity (Wildman–Crippen MR) is 156 cm³/mol. The number of ether oxygens (including phenoxy) is 2. The fourth-order valence-electron chi connectivity index (χ4n) is 5.42. The van der Waals surface area contributed by atoms with Gasteiger partial charge < -0.3 is 13.9 Å². The van der Waals surface area contributed by atoms with Crippen LogP contribution in [0.4, 0.5) is 0 Å². The molecule has 0 aliphatic carbocycles. The van der Waals surface area contributed by atoms with Gasteiger partial charge in [0, 0.05) is 0 Å². The molecule has 0 saturated carbocycles. The average Bonchev–Trinajstić information content (AvgIpc) is 2.91. The van der Waals surface area contributed by atoms with Crippen molar-refractivity contribution < 1.29 is 13.9 Å². The van der Waals surface area contributed by atoms with Gasteiger partial charge in [-0.1, -0.05) is 131 Å². The molecule has 0 N–H and O–H groups in total. The second-order valence-electron chi connectivity index (χ2n) is 11.0. The number of hydrogen-bond acceptors (Lipinski definition) is 3. The summed E-state index contributed by atoms with van der Waals surface area (Å²) in [6.45, 7) is 10.3. The maximum Gasteiger partial charge on any atom is 0.261 e. The maximum atomic E-state index is 7.20. The molecular weight excluding hydrogens is 472 g/mol. The van der Waals surface area contributed by atoms with E-state index in [4.69, 9.17) is 13.9 Å². The topological polar surface area (TPSA) is 27.7 Å². The molecule has 0 aromatic heterocycles. The molecular formula is C33H42O3Si. The van der Waals surface area contributed by atoms with E-state index in [1.54, 1.807) is 0 Å². The molecule has 4 heteroatoms. The molecule has 1 aliphatic heterocycles. The molecule has 0 fully saturated rings. The van der Waals surface area contributed by atoms with E-state index >= 15 is 0 Å². The van der Waals surface area contributed by atoms with Crippen molar-refractivity contribution in [3.8, 4) is 0 Å². The molecule has 0 unspecified atom stereocenters. The zero-order valence-corrected chi connectivity index (χ0v) is 23.8. The van der Waals surface area contributed by atoms with Gasteiger partial charge in [-0.2, -0.15) is 0 Å². The van der Waals surface area contributed by atoms with Crippen molar-refractivity contribution in [1.29, 1.82) is 0 Å². The Bertz CT molecular complexity index is 1050. The van der Waals surface area contributed by atoms with Crippen LogP contribution in [-0.4, -0.2) is 33.2 Å². The lowest BCUT2D eigenvalue weighted by atomic mass is 10.0. The third-order valence-electron chi connectivity index (χ3n) is 7.33. The Balaban J connectivity index is 1.55. The molecule has 3 aromatic carbocycles. The van der Waals surface area contributed by atoms with Gasteiger partial charge in [0.25, 0.3) is 8.32 Å². The molecule has 0 spiro atoms. The lowest BCUT2D eigenvalue weighted by Gasteiger charge is -2.44. The van der Waals surface area contributed by atoms with Crippen molar-refractivity contribution in [3.63, 3.8) is 0 Å². The standard InChI is InChI=1S/C33H42O3Si/c1-5-31-32(34-25-27-17-9-6-10-18-27)24-16-15-19-28(36-31)26-35-37(33(2,3)4,29-20-11-7-12-21-29)30-22-13-8-14-23-30/h6-18,20-23,28,31-32H,5,19,24-26H2,1-4H3/b16-15-/t28-,31-,32-/m1/s1. The van der Waals surface area contributed by atoms with E-state index in [0.29, 0.717) is 13.2 Å². The van der Waals surface area contributed by atoms with Crippen molar-refractivity contribution in [2.24, 2.45) is 0 Å². The first-order chi connectivity index (χ1) is 17.9. The van der Waals surface area contributed by atoms with Gasteiger partial charge in [0.15, 0.2) is 0 Å². The molecule has 1 aliphatic rings. The van der Waals surface area contributed by atoms with Crippen LogP contribution in [0.25, 0.3) is 0 Å². The number of hydrogen-bond donors (Lipinski definition) is 0. The maximum absolute atomic E-state index is 7.20. The van der Waals surface area contributed by atoms with Crippen LogP contribution in [0, 0.1) is 0 Å². The van der Waals surface area contributed by atoms with Crippen LogP contribution < -0.4 is 10.4 Å². The van der Waals surface area contributed by atoms with E-state index in [9.17, 15) is 0 Å². The zero-order valence-electron chi connectivity index (χ0n) is 22.8. The van der Waals surface area contributed by atoms with Gasteiger partial charge >= 0.3 is 0 Å². The Kier molecular flexibility index (Phi) is 9.55. The highest BCUT2D eigenvalue weighted by Gasteiger charge is 2.50. The number of rotatable bonds is 9. The molecule has 0 saturated heterocycles. The fraction of sp³-hybridized carbons (Fsp3) is 0.394. The lowest BCUT2D eigenvalue weighted by molar-refractivity contribution is -0.116. The highest BCUT2D eigenvalue weighted by atomic mass is 28.4. The Morgan fingerprint density at radius 3 is 1.86 bits per heavy atom. The van der Waals surface area contributed by atoms with E-state index in [0.717, 1.165) is 19.3 Å². The quantitative estimate of drug-likeness (QED) is 0.236. The van der Waals surface area contributed by atoms with Gasteiger partial charge in [0.2, 0.25) is 0 Å². The number of benzene rings is 3. The van der Waals surface area contributed by atoms with Crippen LogP contribution in [0.3, 0.4) is 0 Å². The summed E-state index contributed by atoms with van der Waals surface area (Å²) in [5.74, 6) is 0. The first kappa shape index (κ1) is 27.5. The average molecular weight is 515 g/mol. The van der Waals surface area contributed by atoms with Gasteiger partial charge in [0.1, 0.15) is 0 Å². The minimum Gasteiger partial charge on any atom is -0.405 e. The molecule has 0 amide bonds. The molecule has 3 aromatic rings. The Morgan fingerprint density at radius 1 is 0.784 bits per heavy atom. The largest absolute Gasteiger partial charge is 0.405 e. The summed E-state index contributed by atoms with van der Waals surface area (Å²) >= 11 is 0. The summed E-state index contributed by atoms with van der Waals surface area (Å²) in [6, 6.07) is 32.0. The molecule has 0 radical (unpaired) electrons. The van der Waals surface area contributed by atoms with E-state index in [-0.39, 0.29) is 23.4 Å². The lowest BCUT2D eigenvalue weighted by Crippen LogP contribution is -2.67. The summed E-state index contributed by atoms with van der Waals surface area (Å²) in [5, 5.41) is 2.54. The molecule has 3 nitrogen and oxygen atoms in total. The molecule has 3 atom stereocenters. The van der Waals surface area contributed by atoms with Crippen molar-refractivity contribution >= 4 is 18.7 Å². The second kappa shape index (κ2) is 12.8. The Hall–Kier alpha value is -2.50. The third-order valence-corrected chi connectivity index (χ3v) is 12.3. The Morgan fingerprint density at radius 2 is 1.32 bits per heavy atom. The summed E-state index contributed by atoms with van der Waals surface area (Å²) in [6.07, 6.45) is 7.15. The Labute approximate surface area is 224 Å². The van der Waals surface area contributed by atoms with E-state index in [1.807, 2.05) is 6.07 Å². The molecule has 0 bridgehead atoms. The van der Waals surface area contributed by atoms with Crippen LogP contribution >= 0.6 is 0 Å². The van der Waals surface area contributed by atoms with Crippen LogP contribution in [0.5, 0.6) is 0 Å². The summed E-state index contributed by atoms with van der Waals surface area (Å²) in [7, 11) is -2.61. The highest BCUT2D eigenvalue weighted by molar-refractivity contribution is 6.99. The monoisotopic (exact) mass is 514 g/mol. The summed E-state index contributed by atoms with van der Waals surface area (Å²) in [4.78, 5) is 0. The van der Waals surface area contributed by atoms with Crippen molar-refractivity contribution in [1.82, 2.24) is 0 Å². The van der Waals surface area contributed by atoms with Gasteiger partial charge in [-0.05, 0) is 40.2 Å². The van der Waals surface area contributed by atoms with Crippen LogP contribution in [0.15, 0.2) is 103 Å². The zero-order chi connectivity index (χ0) is 26.1. The summed E-state index contributed by atoms with van der Waals surface area (Å²) < 4.78 is 20.3. The molecule has 1 heterocycles. The van der Waals surface area contributed by atoms with Crippen molar-refractivity contribution in [2.75, 3.05) is 6.61 Å². The van der Waals surface area contributed by atoms with E-state index in [1.165, 1.54) is 15.9 Å². The van der Waals surface area contributed by atoms with Crippen LogP contribution in [-0.2, 0) is 20.5 Å². The first-order valence-corrected chi connectivity index (χ1v) is 15.6. The SMILES string of the molecule is CC[C@H]1O[C@@H](CO[Si](c2ccccc2)(c2ccccc2)C(C)(C)C)C/C=C\C[C@H]1OCc1ccccc1. The second-order valence-corrected chi connectivity index (χ2v) is 15.3. The van der Waals surface area contributed by atoms with Gasteiger partial charge in [-0.15, -0.1) is 0 Å². The first-order valence-electron chi connectivity index (χ1n) is 13.6. The van der Waals surface area contributed by atoms with Gasteiger partial charge in [-0.3, -0.25) is 0 Å². The minimum absolute atomic E-state index is 0.0222. The predicted octanol–water partition coefficient (Wildman–Crippen LogP) is 6.66. The van der Waals surface area contributed by atoms with Gasteiger partial charge in [-0.25, -0.2) is 0 Å². The van der Waals surface area contributed by atoms with Crippen LogP contribution in [0.2, 0.25) is 5.04 Å². The molecule has 196 valence electrons.